The van der Waals surface area contributed by atoms with E-state index in [9.17, 15) is 15.2 Å². The number of ether oxygens (including phenoxy) is 1. The number of aromatic nitrogens is 1. The highest BCUT2D eigenvalue weighted by Crippen LogP contribution is 2.41. The lowest BCUT2D eigenvalue weighted by Crippen LogP contribution is -2.50. The zero-order valence-electron chi connectivity index (χ0n) is 24.4. The first kappa shape index (κ1) is 28.7. The molecule has 43 heavy (non-hydrogen) atoms. The maximum Gasteiger partial charge on any atom is 0.410 e. The predicted molar refractivity (Wildman–Crippen MR) is 165 cm³/mol. The number of amides is 1. The molecule has 2 aliphatic heterocycles. The smallest absolute Gasteiger partial charge is 0.410 e. The van der Waals surface area contributed by atoms with Gasteiger partial charge in [0.2, 0.25) is 5.89 Å². The number of oxazole rings is 1. The second-order valence-electron chi connectivity index (χ2n) is 11.8. The Morgan fingerprint density at radius 3 is 2.70 bits per heavy atom. The van der Waals surface area contributed by atoms with E-state index in [2.05, 4.69) is 22.7 Å². The number of hydrogen-bond acceptors (Lipinski definition) is 8. The van der Waals surface area contributed by atoms with Crippen molar-refractivity contribution < 1.29 is 19.1 Å². The largest absolute Gasteiger partial charge is 0.444 e. The number of nitrogens with zero attached hydrogens (tertiary/aromatic N) is 4. The molecular weight excluding hydrogens is 566 g/mol. The lowest BCUT2D eigenvalue weighted by molar-refractivity contribution is 0.0220. The van der Waals surface area contributed by atoms with Crippen LogP contribution in [0, 0.1) is 18.3 Å². The average Bonchev–Trinajstić information content (AvgIpc) is 3.60. The zero-order valence-corrected chi connectivity index (χ0v) is 25.2. The van der Waals surface area contributed by atoms with E-state index in [1.807, 2.05) is 69.1 Å². The van der Waals surface area contributed by atoms with Gasteiger partial charge >= 0.3 is 6.09 Å². The van der Waals surface area contributed by atoms with Gasteiger partial charge in [-0.05, 0) is 80.6 Å². The van der Waals surface area contributed by atoms with Gasteiger partial charge in [0.15, 0.2) is 5.58 Å². The van der Waals surface area contributed by atoms with Crippen LogP contribution < -0.4 is 10.4 Å². The molecule has 3 aromatic carbocycles. The highest BCUT2D eigenvalue weighted by molar-refractivity contribution is 6.36. The molecule has 0 spiro atoms. The van der Waals surface area contributed by atoms with Crippen LogP contribution in [0.1, 0.15) is 43.9 Å². The Balaban J connectivity index is 1.29. The van der Waals surface area contributed by atoms with Crippen molar-refractivity contribution in [2.24, 2.45) is 0 Å². The summed E-state index contributed by atoms with van der Waals surface area (Å²) < 4.78 is 11.7. The van der Waals surface area contributed by atoms with Gasteiger partial charge in [-0.15, -0.1) is 0 Å². The number of carbonyl (C=O) groups excluding carboxylic acids is 1. The van der Waals surface area contributed by atoms with E-state index in [1.54, 1.807) is 17.0 Å². The molecule has 1 amide bonds. The second kappa shape index (κ2) is 11.0. The average molecular weight is 598 g/mol. The van der Waals surface area contributed by atoms with Gasteiger partial charge in [0, 0.05) is 30.4 Å². The van der Waals surface area contributed by atoms with E-state index in [4.69, 9.17) is 20.8 Å². The zero-order chi connectivity index (χ0) is 30.5. The van der Waals surface area contributed by atoms with Gasteiger partial charge in [-0.1, -0.05) is 35.9 Å². The third-order valence-electron chi connectivity index (χ3n) is 7.71. The van der Waals surface area contributed by atoms with Crippen molar-refractivity contribution in [3.8, 4) is 28.7 Å². The molecule has 220 valence electrons. The van der Waals surface area contributed by atoms with E-state index in [0.29, 0.717) is 46.2 Å². The van der Waals surface area contributed by atoms with Crippen LogP contribution in [0.5, 0.6) is 0 Å². The van der Waals surface area contributed by atoms with Gasteiger partial charge in [-0.2, -0.15) is 5.26 Å². The fraction of sp³-hybridized carbons (Fsp3) is 0.303. The molecule has 4 aromatic rings. The summed E-state index contributed by atoms with van der Waals surface area (Å²) in [5.41, 5.74) is 10.3. The Morgan fingerprint density at radius 1 is 1.21 bits per heavy atom. The predicted octanol–water partition coefficient (Wildman–Crippen LogP) is 6.71. The molecule has 1 aromatic heterocycles. The van der Waals surface area contributed by atoms with Gasteiger partial charge in [-0.25, -0.2) is 15.2 Å². The summed E-state index contributed by atoms with van der Waals surface area (Å²) in [6.45, 7) is 8.51. The summed E-state index contributed by atoms with van der Waals surface area (Å²) in [5.74, 6) is 0.387. The van der Waals surface area contributed by atoms with E-state index in [0.717, 1.165) is 34.4 Å². The summed E-state index contributed by atoms with van der Waals surface area (Å²) >= 11 is 7.09. The number of hydrogen-bond donors (Lipinski definition) is 2. The Labute approximate surface area is 254 Å². The van der Waals surface area contributed by atoms with E-state index in [-0.39, 0.29) is 18.7 Å². The summed E-state index contributed by atoms with van der Waals surface area (Å²) in [6, 6.07) is 17.2. The quantitative estimate of drug-likeness (QED) is 0.267. The van der Waals surface area contributed by atoms with Gasteiger partial charge in [-0.3, -0.25) is 5.01 Å². The number of aliphatic hydroxyl groups excluding tert-OH is 1. The first-order chi connectivity index (χ1) is 20.6. The molecule has 0 radical (unpaired) electrons. The van der Waals surface area contributed by atoms with Crippen molar-refractivity contribution in [3.05, 3.63) is 82.0 Å². The molecule has 9 nitrogen and oxygen atoms in total. The molecule has 10 heteroatoms. The fourth-order valence-electron chi connectivity index (χ4n) is 5.60. The molecule has 2 N–H and O–H groups in total. The lowest BCUT2D eigenvalue weighted by Gasteiger charge is -2.34. The Kier molecular flexibility index (Phi) is 7.38. The first-order valence-corrected chi connectivity index (χ1v) is 14.5. The summed E-state index contributed by atoms with van der Waals surface area (Å²) in [7, 11) is 0. The Hall–Kier alpha value is -4.36. The SMILES string of the molecule is Cc1c(-c2nc3cc(CO)cc(C#N)c3o2)cccc1-c1cccc(N2C=C3CCN(C(=O)OC(C)(C)C)CC3N2)c1Cl. The van der Waals surface area contributed by atoms with Crippen LogP contribution >= 0.6 is 11.6 Å². The topological polar surface area (TPSA) is 115 Å². The van der Waals surface area contributed by atoms with Crippen molar-refractivity contribution in [3.63, 3.8) is 0 Å². The molecule has 0 saturated carbocycles. The normalized spacial score (nSPS) is 16.7. The van der Waals surface area contributed by atoms with Crippen molar-refractivity contribution in [1.82, 2.24) is 15.3 Å². The Bertz CT molecular complexity index is 1820. The molecule has 6 rings (SSSR count). The molecule has 1 atom stereocenters. The molecule has 0 bridgehead atoms. The molecular formula is C33H32ClN5O4. The van der Waals surface area contributed by atoms with Crippen molar-refractivity contribution in [1.29, 1.82) is 5.26 Å². The minimum absolute atomic E-state index is 0.0325. The number of likely N-dealkylation sites (tertiary alicyclic amines) is 1. The number of carbonyl (C=O) groups is 1. The van der Waals surface area contributed by atoms with Crippen LogP contribution in [0.2, 0.25) is 5.02 Å². The van der Waals surface area contributed by atoms with Crippen molar-refractivity contribution in [2.75, 3.05) is 18.1 Å². The number of anilines is 1. The van der Waals surface area contributed by atoms with Crippen molar-refractivity contribution >= 4 is 34.5 Å². The first-order valence-electron chi connectivity index (χ1n) is 14.1. The van der Waals surface area contributed by atoms with E-state index < -0.39 is 5.60 Å². The standard InChI is InChI=1S/C33H32ClN5O4/c1-19-23(7-5-8-24(19)31-36-26-14-20(18-40)13-22(15-35)30(26)42-31)25-9-6-10-28(29(25)34)39-16-21-11-12-38(17-27(21)37-39)32(41)43-33(2,3)4/h5-10,13-14,16,27,37,40H,11-12,17-18H2,1-4H3. The van der Waals surface area contributed by atoms with Gasteiger partial charge < -0.3 is 19.2 Å². The number of nitriles is 1. The minimum atomic E-state index is -0.546. The van der Waals surface area contributed by atoms with Gasteiger partial charge in [0.25, 0.3) is 0 Å². The maximum atomic E-state index is 12.7. The van der Waals surface area contributed by atoms with Gasteiger partial charge in [0.1, 0.15) is 17.2 Å². The van der Waals surface area contributed by atoms with Crippen LogP contribution in [0.4, 0.5) is 10.5 Å². The third-order valence-corrected chi connectivity index (χ3v) is 8.10. The van der Waals surface area contributed by atoms with E-state index in [1.165, 1.54) is 5.57 Å². The van der Waals surface area contributed by atoms with E-state index >= 15 is 0 Å². The summed E-state index contributed by atoms with van der Waals surface area (Å²) in [6.07, 6.45) is 2.50. The molecule has 1 fully saturated rings. The maximum absolute atomic E-state index is 12.7. The number of aliphatic hydroxyl groups is 1. The highest BCUT2D eigenvalue weighted by atomic mass is 35.5. The number of nitrogens with one attached hydrogen (secondary N) is 1. The number of rotatable bonds is 4. The monoisotopic (exact) mass is 597 g/mol. The van der Waals surface area contributed by atoms with Crippen LogP contribution in [0.3, 0.4) is 0 Å². The molecule has 1 saturated heterocycles. The second-order valence-corrected chi connectivity index (χ2v) is 12.2. The number of piperidine rings is 1. The van der Waals surface area contributed by atoms with Gasteiger partial charge in [0.05, 0.1) is 28.9 Å². The highest BCUT2D eigenvalue weighted by Gasteiger charge is 2.35. The molecule has 3 heterocycles. The number of benzene rings is 3. The lowest BCUT2D eigenvalue weighted by atomic mass is 9.96. The number of halogens is 1. The minimum Gasteiger partial charge on any atom is -0.444 e. The van der Waals surface area contributed by atoms with Crippen LogP contribution in [-0.2, 0) is 11.3 Å². The van der Waals surface area contributed by atoms with Crippen LogP contribution in [0.25, 0.3) is 33.7 Å². The Morgan fingerprint density at radius 2 is 1.95 bits per heavy atom. The summed E-state index contributed by atoms with van der Waals surface area (Å²) in [5, 5.41) is 21.7. The number of hydrazine groups is 1. The number of fused-ring (bicyclic) bond motifs is 2. The van der Waals surface area contributed by atoms with Crippen LogP contribution in [0.15, 0.2) is 64.7 Å². The molecule has 2 aliphatic rings. The summed E-state index contributed by atoms with van der Waals surface area (Å²) in [4.78, 5) is 19.1. The van der Waals surface area contributed by atoms with Crippen molar-refractivity contribution in [2.45, 2.75) is 52.4 Å². The molecule has 0 aliphatic carbocycles. The fourth-order valence-corrected chi connectivity index (χ4v) is 5.92. The van der Waals surface area contributed by atoms with Crippen LogP contribution in [-0.4, -0.2) is 45.8 Å². The third kappa shape index (κ3) is 5.45. The molecule has 1 unspecified atom stereocenters.